The Kier molecular flexibility index (Phi) is 5.66. The molecule has 0 amide bonds. The van der Waals surface area contributed by atoms with Gasteiger partial charge in [0.2, 0.25) is 0 Å². The summed E-state index contributed by atoms with van der Waals surface area (Å²) >= 11 is 0. The predicted octanol–water partition coefficient (Wildman–Crippen LogP) is 3.62. The van der Waals surface area contributed by atoms with Gasteiger partial charge in [0.1, 0.15) is 18.0 Å². The van der Waals surface area contributed by atoms with Crippen molar-refractivity contribution in [1.29, 1.82) is 0 Å². The Balaban J connectivity index is 1.91. The van der Waals surface area contributed by atoms with Gasteiger partial charge < -0.3 is 9.47 Å². The van der Waals surface area contributed by atoms with Crippen LogP contribution in [0, 0.1) is 0 Å². The van der Waals surface area contributed by atoms with Crippen molar-refractivity contribution >= 4 is 11.8 Å². The smallest absolute Gasteiger partial charge is 0.356 e. The highest BCUT2D eigenvalue weighted by atomic mass is 16.5. The van der Waals surface area contributed by atoms with Crippen LogP contribution >= 0.6 is 0 Å². The number of nitrogens with zero attached hydrogens (tertiary/aromatic N) is 2. The molecule has 0 unspecified atom stereocenters. The molecular weight excluding hydrogens is 344 g/mol. The average Bonchev–Trinajstić information content (AvgIpc) is 3.13. The number of rotatable bonds is 7. The van der Waals surface area contributed by atoms with Gasteiger partial charge in [-0.3, -0.25) is 4.79 Å². The lowest BCUT2D eigenvalue weighted by Gasteiger charge is -2.07. The van der Waals surface area contributed by atoms with Crippen LogP contribution < -0.4 is 4.74 Å². The second-order valence-corrected chi connectivity index (χ2v) is 5.81. The topological polar surface area (TPSA) is 70.4 Å². The zero-order chi connectivity index (χ0) is 19.2. The van der Waals surface area contributed by atoms with Crippen molar-refractivity contribution in [2.45, 2.75) is 13.5 Å². The minimum atomic E-state index is -0.505. The van der Waals surface area contributed by atoms with Crippen molar-refractivity contribution in [1.82, 2.24) is 9.78 Å². The van der Waals surface area contributed by atoms with Gasteiger partial charge in [-0.2, -0.15) is 5.10 Å². The number of esters is 1. The molecule has 0 spiro atoms. The average molecular weight is 364 g/mol. The summed E-state index contributed by atoms with van der Waals surface area (Å²) in [4.78, 5) is 24.9. The van der Waals surface area contributed by atoms with Gasteiger partial charge in [0.25, 0.3) is 0 Å². The standard InChI is InChI=1S/C21H20N2O4/c1-3-27-21(25)19-13-18(15-7-5-4-6-8-15)22-23(19)14-20(24)16-9-11-17(26-2)12-10-16/h4-13H,3,14H2,1-2H3. The van der Waals surface area contributed by atoms with Gasteiger partial charge in [-0.15, -0.1) is 0 Å². The summed E-state index contributed by atoms with van der Waals surface area (Å²) in [5.74, 6) is 0.00448. The van der Waals surface area contributed by atoms with E-state index in [1.54, 1.807) is 44.4 Å². The quantitative estimate of drug-likeness (QED) is 0.473. The number of benzene rings is 2. The number of carbonyl (C=O) groups is 2. The number of aromatic nitrogens is 2. The van der Waals surface area contributed by atoms with Gasteiger partial charge in [0.15, 0.2) is 5.78 Å². The van der Waals surface area contributed by atoms with Crippen molar-refractivity contribution in [2.75, 3.05) is 13.7 Å². The molecule has 2 aromatic carbocycles. The highest BCUT2D eigenvalue weighted by Gasteiger charge is 2.19. The molecule has 0 atom stereocenters. The number of hydrogen-bond acceptors (Lipinski definition) is 5. The SMILES string of the molecule is CCOC(=O)c1cc(-c2ccccc2)nn1CC(=O)c1ccc(OC)cc1. The fourth-order valence-electron chi connectivity index (χ4n) is 2.66. The van der Waals surface area contributed by atoms with Gasteiger partial charge in [0.05, 0.1) is 19.4 Å². The number of carbonyl (C=O) groups excluding carboxylic acids is 2. The molecular formula is C21H20N2O4. The summed E-state index contributed by atoms with van der Waals surface area (Å²) < 4.78 is 11.6. The number of ether oxygens (including phenoxy) is 2. The van der Waals surface area contributed by atoms with Crippen molar-refractivity contribution in [3.8, 4) is 17.0 Å². The number of ketones is 1. The molecule has 1 aromatic heterocycles. The molecule has 0 N–H and O–H groups in total. The fraction of sp³-hybridized carbons (Fsp3) is 0.190. The summed E-state index contributed by atoms with van der Waals surface area (Å²) in [6, 6.07) is 17.9. The molecule has 0 saturated heterocycles. The van der Waals surface area contributed by atoms with Crippen LogP contribution in [0.3, 0.4) is 0 Å². The van der Waals surface area contributed by atoms with Crippen LogP contribution in [0.5, 0.6) is 5.75 Å². The summed E-state index contributed by atoms with van der Waals surface area (Å²) in [6.07, 6.45) is 0. The molecule has 3 rings (SSSR count). The number of methoxy groups -OCH3 is 1. The molecule has 6 nitrogen and oxygen atoms in total. The van der Waals surface area contributed by atoms with Crippen LogP contribution in [-0.2, 0) is 11.3 Å². The molecule has 0 radical (unpaired) electrons. The molecule has 0 aliphatic carbocycles. The normalized spacial score (nSPS) is 10.4. The molecule has 0 fully saturated rings. The van der Waals surface area contributed by atoms with Gasteiger partial charge >= 0.3 is 5.97 Å². The van der Waals surface area contributed by atoms with Crippen LogP contribution in [0.1, 0.15) is 27.8 Å². The molecule has 3 aromatic rings. The van der Waals surface area contributed by atoms with Gasteiger partial charge in [0, 0.05) is 11.1 Å². The van der Waals surface area contributed by atoms with Crippen molar-refractivity contribution < 1.29 is 19.1 Å². The molecule has 6 heteroatoms. The first-order valence-electron chi connectivity index (χ1n) is 8.60. The Morgan fingerprint density at radius 1 is 1.04 bits per heavy atom. The first-order chi connectivity index (χ1) is 13.1. The lowest BCUT2D eigenvalue weighted by molar-refractivity contribution is 0.0512. The third-order valence-corrected chi connectivity index (χ3v) is 4.04. The molecule has 138 valence electrons. The lowest BCUT2D eigenvalue weighted by Crippen LogP contribution is -2.18. The number of hydrogen-bond donors (Lipinski definition) is 0. The van der Waals surface area contributed by atoms with E-state index in [0.717, 1.165) is 5.56 Å². The summed E-state index contributed by atoms with van der Waals surface area (Å²) in [7, 11) is 1.57. The van der Waals surface area contributed by atoms with Crippen molar-refractivity contribution in [2.24, 2.45) is 0 Å². The van der Waals surface area contributed by atoms with Gasteiger partial charge in [-0.05, 0) is 37.3 Å². The molecule has 0 aliphatic heterocycles. The maximum atomic E-state index is 12.6. The summed E-state index contributed by atoms with van der Waals surface area (Å²) in [5, 5.41) is 4.45. The minimum absolute atomic E-state index is 0.0622. The Morgan fingerprint density at radius 3 is 2.37 bits per heavy atom. The maximum Gasteiger partial charge on any atom is 0.356 e. The van der Waals surface area contributed by atoms with E-state index in [-0.39, 0.29) is 24.6 Å². The number of Topliss-reactive ketones (excluding diaryl/α,β-unsaturated/α-hetero) is 1. The first kappa shape index (κ1) is 18.4. The Hall–Kier alpha value is -3.41. The summed E-state index contributed by atoms with van der Waals surface area (Å²) in [5.41, 5.74) is 2.24. The van der Waals surface area contributed by atoms with E-state index in [9.17, 15) is 9.59 Å². The van der Waals surface area contributed by atoms with Crippen LogP contribution in [0.4, 0.5) is 0 Å². The van der Waals surface area contributed by atoms with E-state index in [1.807, 2.05) is 30.3 Å². The third kappa shape index (κ3) is 4.23. The largest absolute Gasteiger partial charge is 0.497 e. The van der Waals surface area contributed by atoms with E-state index in [0.29, 0.717) is 17.0 Å². The first-order valence-corrected chi connectivity index (χ1v) is 8.60. The highest BCUT2D eigenvalue weighted by Crippen LogP contribution is 2.20. The van der Waals surface area contributed by atoms with Gasteiger partial charge in [-0.25, -0.2) is 9.48 Å². The molecule has 0 bridgehead atoms. The Labute approximate surface area is 157 Å². The van der Waals surface area contributed by atoms with E-state index in [2.05, 4.69) is 5.10 Å². The third-order valence-electron chi connectivity index (χ3n) is 4.04. The molecule has 1 heterocycles. The fourth-order valence-corrected chi connectivity index (χ4v) is 2.66. The van der Waals surface area contributed by atoms with Gasteiger partial charge in [-0.1, -0.05) is 30.3 Å². The second-order valence-electron chi connectivity index (χ2n) is 5.81. The highest BCUT2D eigenvalue weighted by molar-refractivity contribution is 5.97. The van der Waals surface area contributed by atoms with Crippen LogP contribution in [0.2, 0.25) is 0 Å². The lowest BCUT2D eigenvalue weighted by atomic mass is 10.1. The summed E-state index contributed by atoms with van der Waals surface area (Å²) in [6.45, 7) is 1.92. The monoisotopic (exact) mass is 364 g/mol. The van der Waals surface area contributed by atoms with Crippen LogP contribution in [0.25, 0.3) is 11.3 Å². The van der Waals surface area contributed by atoms with Crippen molar-refractivity contribution in [3.05, 3.63) is 71.9 Å². The molecule has 27 heavy (non-hydrogen) atoms. The predicted molar refractivity (Wildman–Crippen MR) is 101 cm³/mol. The molecule has 0 aliphatic rings. The zero-order valence-electron chi connectivity index (χ0n) is 15.2. The van der Waals surface area contributed by atoms with E-state index in [1.165, 1.54) is 4.68 Å². The van der Waals surface area contributed by atoms with Crippen LogP contribution in [-0.4, -0.2) is 35.2 Å². The Bertz CT molecular complexity index is 931. The maximum absolute atomic E-state index is 12.6. The zero-order valence-corrected chi connectivity index (χ0v) is 15.2. The second kappa shape index (κ2) is 8.31. The molecule has 0 saturated carbocycles. The van der Waals surface area contributed by atoms with Crippen LogP contribution in [0.15, 0.2) is 60.7 Å². The van der Waals surface area contributed by atoms with Crippen molar-refractivity contribution in [3.63, 3.8) is 0 Å². The minimum Gasteiger partial charge on any atom is -0.497 e. The van der Waals surface area contributed by atoms with E-state index < -0.39 is 5.97 Å². The van der Waals surface area contributed by atoms with E-state index >= 15 is 0 Å². The Morgan fingerprint density at radius 2 is 1.74 bits per heavy atom. The van der Waals surface area contributed by atoms with E-state index in [4.69, 9.17) is 9.47 Å².